The van der Waals surface area contributed by atoms with E-state index in [4.69, 9.17) is 0 Å². The lowest BCUT2D eigenvalue weighted by atomic mass is 9.97. The molecule has 1 aliphatic heterocycles. The van der Waals surface area contributed by atoms with E-state index in [1.165, 1.54) is 0 Å². The van der Waals surface area contributed by atoms with Crippen LogP contribution in [0.1, 0.15) is 55.8 Å². The molecular weight excluding hydrogens is 290 g/mol. The van der Waals surface area contributed by atoms with Gasteiger partial charge in [-0.15, -0.1) is 17.5 Å². The molecule has 0 aromatic carbocycles. The lowest BCUT2D eigenvalue weighted by Crippen LogP contribution is -2.33. The molecule has 21 heavy (non-hydrogen) atoms. The molecular formula is C14H26ClN5O. The standard InChI is InChI=1S/C14H25N5O.ClH/c1-10-12(13(20)16-9-14(2,3)4)17-18-19(10)11-5-7-15-8-6-11;/h11,15H,5-9H2,1-4H3,(H,16,20);1H. The van der Waals surface area contributed by atoms with Crippen LogP contribution >= 0.6 is 12.4 Å². The Kier molecular flexibility index (Phi) is 6.16. The van der Waals surface area contributed by atoms with Gasteiger partial charge in [-0.05, 0) is 38.3 Å². The van der Waals surface area contributed by atoms with E-state index >= 15 is 0 Å². The Balaban J connectivity index is 0.00000220. The number of amides is 1. The Morgan fingerprint density at radius 2 is 2.00 bits per heavy atom. The molecule has 1 aliphatic rings. The molecule has 0 saturated carbocycles. The van der Waals surface area contributed by atoms with Crippen molar-refractivity contribution in [2.24, 2.45) is 5.41 Å². The van der Waals surface area contributed by atoms with E-state index < -0.39 is 0 Å². The Hall–Kier alpha value is -1.14. The second-order valence-corrected chi connectivity index (χ2v) is 6.69. The minimum Gasteiger partial charge on any atom is -0.350 e. The first kappa shape index (κ1) is 17.9. The van der Waals surface area contributed by atoms with E-state index in [0.29, 0.717) is 18.3 Å². The summed E-state index contributed by atoms with van der Waals surface area (Å²) in [5.41, 5.74) is 1.38. The van der Waals surface area contributed by atoms with Gasteiger partial charge in [-0.2, -0.15) is 0 Å². The smallest absolute Gasteiger partial charge is 0.273 e. The fourth-order valence-electron chi connectivity index (χ4n) is 2.38. The minimum atomic E-state index is -0.127. The van der Waals surface area contributed by atoms with Crippen molar-refractivity contribution in [3.8, 4) is 0 Å². The van der Waals surface area contributed by atoms with Gasteiger partial charge >= 0.3 is 0 Å². The lowest BCUT2D eigenvalue weighted by molar-refractivity contribution is 0.0933. The highest BCUT2D eigenvalue weighted by Gasteiger charge is 2.23. The first-order valence-corrected chi connectivity index (χ1v) is 7.29. The van der Waals surface area contributed by atoms with Gasteiger partial charge in [0.15, 0.2) is 5.69 Å². The van der Waals surface area contributed by atoms with E-state index in [0.717, 1.165) is 31.6 Å². The Labute approximate surface area is 132 Å². The number of piperidine rings is 1. The highest BCUT2D eigenvalue weighted by atomic mass is 35.5. The molecule has 2 heterocycles. The Morgan fingerprint density at radius 1 is 1.38 bits per heavy atom. The van der Waals surface area contributed by atoms with Gasteiger partial charge in [-0.3, -0.25) is 4.79 Å². The van der Waals surface area contributed by atoms with Crippen molar-refractivity contribution in [2.45, 2.75) is 46.6 Å². The maximum absolute atomic E-state index is 12.2. The molecule has 0 aliphatic carbocycles. The largest absolute Gasteiger partial charge is 0.350 e. The van der Waals surface area contributed by atoms with Crippen molar-refractivity contribution in [2.75, 3.05) is 19.6 Å². The van der Waals surface area contributed by atoms with Crippen molar-refractivity contribution in [3.05, 3.63) is 11.4 Å². The molecule has 1 saturated heterocycles. The first-order valence-electron chi connectivity index (χ1n) is 7.29. The van der Waals surface area contributed by atoms with Crippen LogP contribution in [0.4, 0.5) is 0 Å². The number of nitrogens with zero attached hydrogens (tertiary/aromatic N) is 3. The molecule has 0 spiro atoms. The minimum absolute atomic E-state index is 0. The molecule has 7 heteroatoms. The van der Waals surface area contributed by atoms with Crippen LogP contribution in [0.15, 0.2) is 0 Å². The molecule has 1 aromatic rings. The number of halogens is 1. The van der Waals surface area contributed by atoms with Gasteiger partial charge in [0.2, 0.25) is 0 Å². The van der Waals surface area contributed by atoms with Crippen LogP contribution in [0.25, 0.3) is 0 Å². The van der Waals surface area contributed by atoms with Gasteiger partial charge in [0.05, 0.1) is 11.7 Å². The summed E-state index contributed by atoms with van der Waals surface area (Å²) in [5, 5.41) is 14.5. The van der Waals surface area contributed by atoms with E-state index in [9.17, 15) is 4.79 Å². The maximum Gasteiger partial charge on any atom is 0.273 e. The first-order chi connectivity index (χ1) is 9.38. The maximum atomic E-state index is 12.2. The van der Waals surface area contributed by atoms with Crippen molar-refractivity contribution in [1.82, 2.24) is 25.6 Å². The number of carbonyl (C=O) groups is 1. The third-order valence-electron chi connectivity index (χ3n) is 3.58. The molecule has 120 valence electrons. The highest BCUT2D eigenvalue weighted by Crippen LogP contribution is 2.20. The highest BCUT2D eigenvalue weighted by molar-refractivity contribution is 5.93. The summed E-state index contributed by atoms with van der Waals surface area (Å²) < 4.78 is 1.91. The molecule has 1 amide bonds. The zero-order chi connectivity index (χ0) is 14.8. The van der Waals surface area contributed by atoms with E-state index in [1.807, 2.05) is 11.6 Å². The van der Waals surface area contributed by atoms with Crippen LogP contribution in [0.3, 0.4) is 0 Å². The van der Waals surface area contributed by atoms with Crippen LogP contribution in [-0.2, 0) is 0 Å². The van der Waals surface area contributed by atoms with E-state index in [2.05, 4.69) is 41.7 Å². The fourth-order valence-corrected chi connectivity index (χ4v) is 2.38. The average molecular weight is 316 g/mol. The lowest BCUT2D eigenvalue weighted by Gasteiger charge is -2.23. The molecule has 6 nitrogen and oxygen atoms in total. The number of carbonyl (C=O) groups excluding carboxylic acids is 1. The fraction of sp³-hybridized carbons (Fsp3) is 0.786. The molecule has 0 unspecified atom stereocenters. The monoisotopic (exact) mass is 315 g/mol. The van der Waals surface area contributed by atoms with Crippen LogP contribution in [0.5, 0.6) is 0 Å². The van der Waals surface area contributed by atoms with Crippen LogP contribution in [0, 0.1) is 12.3 Å². The third-order valence-corrected chi connectivity index (χ3v) is 3.58. The number of aromatic nitrogens is 3. The predicted octanol–water partition coefficient (Wildman–Crippen LogP) is 1.71. The zero-order valence-corrected chi connectivity index (χ0v) is 14.1. The van der Waals surface area contributed by atoms with Crippen molar-refractivity contribution < 1.29 is 4.79 Å². The molecule has 1 aromatic heterocycles. The van der Waals surface area contributed by atoms with Crippen LogP contribution < -0.4 is 10.6 Å². The molecule has 0 atom stereocenters. The molecule has 0 radical (unpaired) electrons. The Morgan fingerprint density at radius 3 is 2.57 bits per heavy atom. The second kappa shape index (κ2) is 7.22. The number of hydrogen-bond acceptors (Lipinski definition) is 4. The second-order valence-electron chi connectivity index (χ2n) is 6.69. The number of nitrogens with one attached hydrogen (secondary N) is 2. The molecule has 0 bridgehead atoms. The van der Waals surface area contributed by atoms with Gasteiger partial charge in [-0.25, -0.2) is 4.68 Å². The van der Waals surface area contributed by atoms with Crippen LogP contribution in [-0.4, -0.2) is 40.5 Å². The van der Waals surface area contributed by atoms with Gasteiger partial charge in [0, 0.05) is 6.54 Å². The SMILES string of the molecule is Cc1c(C(=O)NCC(C)(C)C)nnn1C1CCNCC1.Cl. The average Bonchev–Trinajstić information content (AvgIpc) is 2.78. The predicted molar refractivity (Wildman–Crippen MR) is 84.9 cm³/mol. The normalized spacial score (nSPS) is 16.4. The van der Waals surface area contributed by atoms with Crippen molar-refractivity contribution in [1.29, 1.82) is 0 Å². The summed E-state index contributed by atoms with van der Waals surface area (Å²) in [7, 11) is 0. The van der Waals surface area contributed by atoms with Crippen molar-refractivity contribution >= 4 is 18.3 Å². The summed E-state index contributed by atoms with van der Waals surface area (Å²) in [6.45, 7) is 10.8. The quantitative estimate of drug-likeness (QED) is 0.890. The summed E-state index contributed by atoms with van der Waals surface area (Å²) in [5.74, 6) is -0.127. The van der Waals surface area contributed by atoms with Gasteiger partial charge in [0.1, 0.15) is 0 Å². The summed E-state index contributed by atoms with van der Waals surface area (Å²) in [4.78, 5) is 12.2. The van der Waals surface area contributed by atoms with Gasteiger partial charge < -0.3 is 10.6 Å². The molecule has 2 N–H and O–H groups in total. The van der Waals surface area contributed by atoms with Crippen molar-refractivity contribution in [3.63, 3.8) is 0 Å². The number of hydrogen-bond donors (Lipinski definition) is 2. The number of rotatable bonds is 3. The topological polar surface area (TPSA) is 71.8 Å². The molecule has 1 fully saturated rings. The summed E-state index contributed by atoms with van der Waals surface area (Å²) in [6, 6.07) is 0.355. The summed E-state index contributed by atoms with van der Waals surface area (Å²) in [6.07, 6.45) is 2.07. The molecule has 2 rings (SSSR count). The van der Waals surface area contributed by atoms with E-state index in [-0.39, 0.29) is 23.7 Å². The van der Waals surface area contributed by atoms with Gasteiger partial charge in [0.25, 0.3) is 5.91 Å². The third kappa shape index (κ3) is 4.68. The Bertz CT molecular complexity index is 474. The summed E-state index contributed by atoms with van der Waals surface area (Å²) >= 11 is 0. The van der Waals surface area contributed by atoms with Crippen LogP contribution in [0.2, 0.25) is 0 Å². The zero-order valence-electron chi connectivity index (χ0n) is 13.3. The van der Waals surface area contributed by atoms with Gasteiger partial charge in [-0.1, -0.05) is 26.0 Å². The van der Waals surface area contributed by atoms with E-state index in [1.54, 1.807) is 0 Å².